The standard InChI is InChI=1S/C45H28N4O/c1-4-14-29(15-5-1)33-21-12-22-36-34-20-10-11-24-38(34)49(41(33)36)39-25-13-23-37-35-27-26-32(28-40(35)50-42(37)39)45-47-43(30-16-6-2-7-17-30)46-44(48-45)31-18-8-3-9-19-31/h1-28H/i1D,4D,5D,14D,15D. The van der Waals surface area contributed by atoms with Crippen molar-refractivity contribution in [2.45, 2.75) is 0 Å². The first kappa shape index (κ1) is 23.5. The van der Waals surface area contributed by atoms with Crippen LogP contribution in [0.15, 0.2) is 174 Å². The summed E-state index contributed by atoms with van der Waals surface area (Å²) in [6, 6.07) is 43.7. The lowest BCUT2D eigenvalue weighted by Gasteiger charge is -2.12. The molecule has 10 rings (SSSR count). The van der Waals surface area contributed by atoms with E-state index >= 15 is 0 Å². The fraction of sp³-hybridized carbons (Fsp3) is 0. The molecule has 3 aromatic heterocycles. The van der Waals surface area contributed by atoms with Crippen molar-refractivity contribution in [3.05, 3.63) is 170 Å². The summed E-state index contributed by atoms with van der Waals surface area (Å²) < 4.78 is 51.7. The molecule has 234 valence electrons. The summed E-state index contributed by atoms with van der Waals surface area (Å²) in [6.07, 6.45) is 0. The van der Waals surface area contributed by atoms with Crippen molar-refractivity contribution < 1.29 is 11.3 Å². The van der Waals surface area contributed by atoms with Crippen LogP contribution < -0.4 is 0 Å². The van der Waals surface area contributed by atoms with Crippen LogP contribution in [-0.4, -0.2) is 19.5 Å². The first-order valence-electron chi connectivity index (χ1n) is 18.8. The minimum absolute atomic E-state index is 0.143. The van der Waals surface area contributed by atoms with E-state index in [-0.39, 0.29) is 29.7 Å². The number of benzene rings is 7. The van der Waals surface area contributed by atoms with Crippen LogP contribution in [0.2, 0.25) is 0 Å². The second-order valence-electron chi connectivity index (χ2n) is 12.1. The lowest BCUT2D eigenvalue weighted by atomic mass is 10.0. The first-order chi connectivity index (χ1) is 26.9. The topological polar surface area (TPSA) is 56.7 Å². The monoisotopic (exact) mass is 645 g/mol. The minimum atomic E-state index is -0.428. The fourth-order valence-corrected chi connectivity index (χ4v) is 6.89. The highest BCUT2D eigenvalue weighted by atomic mass is 16.3. The van der Waals surface area contributed by atoms with Crippen molar-refractivity contribution >= 4 is 43.7 Å². The van der Waals surface area contributed by atoms with E-state index in [1.54, 1.807) is 0 Å². The Bertz CT molecular complexity index is 3070. The molecule has 0 amide bonds. The number of fused-ring (bicyclic) bond motifs is 6. The van der Waals surface area contributed by atoms with Gasteiger partial charge in [-0.2, -0.15) is 0 Å². The first-order valence-corrected chi connectivity index (χ1v) is 16.3. The number of para-hydroxylation sites is 3. The molecule has 0 aliphatic heterocycles. The predicted molar refractivity (Wildman–Crippen MR) is 203 cm³/mol. The highest BCUT2D eigenvalue weighted by Gasteiger charge is 2.21. The van der Waals surface area contributed by atoms with Gasteiger partial charge in [0.2, 0.25) is 0 Å². The van der Waals surface area contributed by atoms with E-state index in [1.165, 1.54) is 0 Å². The van der Waals surface area contributed by atoms with Crippen molar-refractivity contribution in [1.82, 2.24) is 19.5 Å². The molecular formula is C45H28N4O. The molecule has 5 nitrogen and oxygen atoms in total. The molecule has 0 unspecified atom stereocenters. The number of nitrogens with zero attached hydrogens (tertiary/aromatic N) is 4. The lowest BCUT2D eigenvalue weighted by molar-refractivity contribution is 0.666. The molecule has 50 heavy (non-hydrogen) atoms. The lowest BCUT2D eigenvalue weighted by Crippen LogP contribution is -2.00. The maximum atomic E-state index is 8.86. The van der Waals surface area contributed by atoms with Gasteiger partial charge in [-0.05, 0) is 29.8 Å². The third kappa shape index (κ3) is 4.52. The van der Waals surface area contributed by atoms with E-state index in [4.69, 9.17) is 26.2 Å². The predicted octanol–water partition coefficient (Wildman–Crippen LogP) is 11.5. The summed E-state index contributed by atoms with van der Waals surface area (Å²) in [5, 5.41) is 3.65. The van der Waals surface area contributed by atoms with Gasteiger partial charge in [-0.25, -0.2) is 15.0 Å². The quantitative estimate of drug-likeness (QED) is 0.187. The van der Waals surface area contributed by atoms with Gasteiger partial charge in [0.1, 0.15) is 5.58 Å². The summed E-state index contributed by atoms with van der Waals surface area (Å²) in [7, 11) is 0. The highest BCUT2D eigenvalue weighted by molar-refractivity contribution is 6.16. The summed E-state index contributed by atoms with van der Waals surface area (Å²) in [6.45, 7) is 0. The molecule has 0 fully saturated rings. The molecule has 0 aliphatic carbocycles. The van der Waals surface area contributed by atoms with E-state index < -0.39 is 6.04 Å². The van der Waals surface area contributed by atoms with Crippen LogP contribution in [0.25, 0.3) is 94.7 Å². The Morgan fingerprint density at radius 3 is 1.84 bits per heavy atom. The summed E-state index contributed by atoms with van der Waals surface area (Å²) in [5.41, 5.74) is 6.83. The normalized spacial score (nSPS) is 13.0. The maximum Gasteiger partial charge on any atom is 0.164 e. The summed E-state index contributed by atoms with van der Waals surface area (Å²) >= 11 is 0. The largest absolute Gasteiger partial charge is 0.454 e. The van der Waals surface area contributed by atoms with Crippen LogP contribution >= 0.6 is 0 Å². The number of aromatic nitrogens is 4. The van der Waals surface area contributed by atoms with E-state index in [2.05, 4.69) is 4.57 Å². The van der Waals surface area contributed by atoms with Gasteiger partial charge in [-0.3, -0.25) is 0 Å². The van der Waals surface area contributed by atoms with Crippen LogP contribution in [0.4, 0.5) is 0 Å². The smallest absolute Gasteiger partial charge is 0.164 e. The van der Waals surface area contributed by atoms with Crippen molar-refractivity contribution in [2.24, 2.45) is 0 Å². The molecule has 10 aromatic rings. The van der Waals surface area contributed by atoms with Gasteiger partial charge in [-0.1, -0.05) is 145 Å². The maximum absolute atomic E-state index is 8.86. The number of furan rings is 1. The minimum Gasteiger partial charge on any atom is -0.454 e. The van der Waals surface area contributed by atoms with Crippen molar-refractivity contribution in [3.63, 3.8) is 0 Å². The second-order valence-corrected chi connectivity index (χ2v) is 12.1. The molecule has 5 heteroatoms. The Morgan fingerprint density at radius 1 is 0.480 bits per heavy atom. The van der Waals surface area contributed by atoms with Crippen molar-refractivity contribution in [1.29, 1.82) is 0 Å². The zero-order valence-corrected chi connectivity index (χ0v) is 26.5. The summed E-state index contributed by atoms with van der Waals surface area (Å²) in [4.78, 5) is 14.7. The van der Waals surface area contributed by atoms with Gasteiger partial charge in [0.05, 0.1) is 23.6 Å². The molecular weight excluding hydrogens is 613 g/mol. The van der Waals surface area contributed by atoms with Crippen LogP contribution in [0.3, 0.4) is 0 Å². The number of hydrogen-bond donors (Lipinski definition) is 0. The van der Waals surface area contributed by atoms with Gasteiger partial charge < -0.3 is 8.98 Å². The molecule has 0 saturated heterocycles. The van der Waals surface area contributed by atoms with Gasteiger partial charge in [0.15, 0.2) is 23.1 Å². The summed E-state index contributed by atoms with van der Waals surface area (Å²) in [5.74, 6) is 1.65. The molecule has 0 N–H and O–H groups in total. The van der Waals surface area contributed by atoms with E-state index in [1.807, 2.05) is 140 Å². The second kappa shape index (κ2) is 11.4. The highest BCUT2D eigenvalue weighted by Crippen LogP contribution is 2.41. The van der Waals surface area contributed by atoms with E-state index in [9.17, 15) is 0 Å². The Labute approximate surface area is 294 Å². The molecule has 0 aliphatic rings. The Balaban J connectivity index is 1.21. The molecule has 0 atom stereocenters. The van der Waals surface area contributed by atoms with Crippen LogP contribution in [0.1, 0.15) is 6.85 Å². The number of hydrogen-bond acceptors (Lipinski definition) is 4. The third-order valence-corrected chi connectivity index (χ3v) is 9.14. The van der Waals surface area contributed by atoms with E-state index in [0.29, 0.717) is 39.7 Å². The van der Waals surface area contributed by atoms with Gasteiger partial charge in [-0.15, -0.1) is 0 Å². The number of rotatable bonds is 5. The Kier molecular flexibility index (Phi) is 5.35. The average molecular weight is 646 g/mol. The third-order valence-electron chi connectivity index (χ3n) is 9.14. The Morgan fingerprint density at radius 2 is 1.10 bits per heavy atom. The average Bonchev–Trinajstić information content (AvgIpc) is 3.79. The van der Waals surface area contributed by atoms with Crippen molar-refractivity contribution in [2.75, 3.05) is 0 Å². The van der Waals surface area contributed by atoms with Crippen molar-refractivity contribution in [3.8, 4) is 51.0 Å². The molecule has 3 heterocycles. The Hall–Kier alpha value is -6.85. The zero-order chi connectivity index (χ0) is 37.4. The SMILES string of the molecule is [2H]c1c([2H])c([2H])c(-c2cccc3c4ccccc4n(-c4cccc5c4oc4cc(-c6nc(-c7ccccc7)nc(-c7ccccc7)n6)ccc45)c23)c([2H])c1[2H]. The van der Waals surface area contributed by atoms with Crippen LogP contribution in [0.5, 0.6) is 0 Å². The van der Waals surface area contributed by atoms with Gasteiger partial charge >= 0.3 is 0 Å². The van der Waals surface area contributed by atoms with Crippen LogP contribution in [-0.2, 0) is 0 Å². The van der Waals surface area contributed by atoms with E-state index in [0.717, 1.165) is 49.4 Å². The van der Waals surface area contributed by atoms with Crippen LogP contribution in [0, 0.1) is 0 Å². The van der Waals surface area contributed by atoms with Gasteiger partial charge in [0.25, 0.3) is 0 Å². The molecule has 0 radical (unpaired) electrons. The molecule has 7 aromatic carbocycles. The molecule has 0 bridgehead atoms. The zero-order valence-electron chi connectivity index (χ0n) is 31.5. The molecule has 0 spiro atoms. The molecule has 0 saturated carbocycles. The fourth-order valence-electron chi connectivity index (χ4n) is 6.89. The van der Waals surface area contributed by atoms with Gasteiger partial charge in [0, 0.05) is 43.8 Å².